The summed E-state index contributed by atoms with van der Waals surface area (Å²) in [7, 11) is 0. The van der Waals surface area contributed by atoms with Gasteiger partial charge in [-0.2, -0.15) is 0 Å². The zero-order chi connectivity index (χ0) is 11.9. The summed E-state index contributed by atoms with van der Waals surface area (Å²) in [5, 5.41) is 11.7. The first kappa shape index (κ1) is 13.9. The lowest BCUT2D eigenvalue weighted by Gasteiger charge is -2.19. The molecule has 0 rings (SSSR count). The van der Waals surface area contributed by atoms with Crippen LogP contribution in [0.3, 0.4) is 0 Å². The zero-order valence-electron chi connectivity index (χ0n) is 9.50. The second kappa shape index (κ2) is 6.40. The molecule has 0 aromatic rings. The Morgan fingerprint density at radius 2 is 2.00 bits per heavy atom. The second-order valence-corrected chi connectivity index (χ2v) is 3.92. The Labute approximate surface area is 89.8 Å². The summed E-state index contributed by atoms with van der Waals surface area (Å²) in [6, 6.07) is 0. The molecule has 0 aliphatic rings. The van der Waals surface area contributed by atoms with Crippen LogP contribution in [0.15, 0.2) is 0 Å². The number of carboxylic acids is 1. The predicted octanol–water partition coefficient (Wildman–Crippen LogP) is 0.640. The Balaban J connectivity index is 3.63. The number of carbonyl (C=O) groups excluding carboxylic acids is 1. The fourth-order valence-electron chi connectivity index (χ4n) is 0.900. The van der Waals surface area contributed by atoms with Gasteiger partial charge in [0.2, 0.25) is 0 Å². The largest absolute Gasteiger partial charge is 0.481 e. The fourth-order valence-corrected chi connectivity index (χ4v) is 0.900. The number of nitrogens with one attached hydrogen (secondary N) is 1. The van der Waals surface area contributed by atoms with E-state index in [1.54, 1.807) is 20.8 Å². The van der Waals surface area contributed by atoms with Crippen LogP contribution in [0.5, 0.6) is 0 Å². The standard InChI is InChI=1S/C10H19NO4/c1-4-15-8(12)5-6-11-7-10(2,3)9(13)14/h11H,4-7H2,1-3H3,(H,13,14). The molecule has 0 saturated heterocycles. The summed E-state index contributed by atoms with van der Waals surface area (Å²) >= 11 is 0. The van der Waals surface area contributed by atoms with E-state index in [4.69, 9.17) is 9.84 Å². The van der Waals surface area contributed by atoms with E-state index in [0.717, 1.165) is 0 Å². The van der Waals surface area contributed by atoms with Gasteiger partial charge in [0.15, 0.2) is 0 Å². The molecule has 88 valence electrons. The van der Waals surface area contributed by atoms with Gasteiger partial charge >= 0.3 is 11.9 Å². The summed E-state index contributed by atoms with van der Waals surface area (Å²) in [5.74, 6) is -1.12. The zero-order valence-corrected chi connectivity index (χ0v) is 9.50. The molecule has 0 atom stereocenters. The predicted molar refractivity (Wildman–Crippen MR) is 55.5 cm³/mol. The van der Waals surface area contributed by atoms with Crippen molar-refractivity contribution in [3.05, 3.63) is 0 Å². The highest BCUT2D eigenvalue weighted by Crippen LogP contribution is 2.12. The molecule has 0 aromatic heterocycles. The molecule has 5 heteroatoms. The second-order valence-electron chi connectivity index (χ2n) is 3.92. The van der Waals surface area contributed by atoms with Gasteiger partial charge in [-0.15, -0.1) is 0 Å². The van der Waals surface area contributed by atoms with Gasteiger partial charge in [0.25, 0.3) is 0 Å². The van der Waals surface area contributed by atoms with Gasteiger partial charge in [0.1, 0.15) is 0 Å². The van der Waals surface area contributed by atoms with Crippen LogP contribution in [0, 0.1) is 5.41 Å². The molecule has 15 heavy (non-hydrogen) atoms. The Morgan fingerprint density at radius 1 is 1.40 bits per heavy atom. The average molecular weight is 217 g/mol. The normalized spacial score (nSPS) is 11.1. The van der Waals surface area contributed by atoms with Crippen LogP contribution >= 0.6 is 0 Å². The third-order valence-corrected chi connectivity index (χ3v) is 1.96. The van der Waals surface area contributed by atoms with E-state index in [1.807, 2.05) is 0 Å². The van der Waals surface area contributed by atoms with Crippen LogP contribution < -0.4 is 5.32 Å². The number of ether oxygens (including phenoxy) is 1. The first-order valence-corrected chi connectivity index (χ1v) is 5.00. The van der Waals surface area contributed by atoms with Crippen molar-refractivity contribution in [1.29, 1.82) is 0 Å². The summed E-state index contributed by atoms with van der Waals surface area (Å²) in [6.45, 7) is 6.16. The fraction of sp³-hybridized carbons (Fsp3) is 0.800. The average Bonchev–Trinajstić information content (AvgIpc) is 2.13. The van der Waals surface area contributed by atoms with Crippen LogP contribution in [-0.4, -0.2) is 36.7 Å². The highest BCUT2D eigenvalue weighted by Gasteiger charge is 2.26. The van der Waals surface area contributed by atoms with E-state index in [0.29, 0.717) is 19.7 Å². The quantitative estimate of drug-likeness (QED) is 0.483. The molecule has 0 aromatic carbocycles. The number of hydrogen-bond donors (Lipinski definition) is 2. The number of esters is 1. The van der Waals surface area contributed by atoms with Crippen LogP contribution in [0.1, 0.15) is 27.2 Å². The first-order valence-electron chi connectivity index (χ1n) is 5.00. The van der Waals surface area contributed by atoms with Crippen LogP contribution in [0.2, 0.25) is 0 Å². The molecule has 2 N–H and O–H groups in total. The van der Waals surface area contributed by atoms with Gasteiger partial charge in [-0.3, -0.25) is 9.59 Å². The van der Waals surface area contributed by atoms with E-state index in [9.17, 15) is 9.59 Å². The Hall–Kier alpha value is -1.10. The van der Waals surface area contributed by atoms with Gasteiger partial charge in [-0.25, -0.2) is 0 Å². The summed E-state index contributed by atoms with van der Waals surface area (Å²) in [5.41, 5.74) is -0.811. The number of hydrogen-bond acceptors (Lipinski definition) is 4. The number of carbonyl (C=O) groups is 2. The lowest BCUT2D eigenvalue weighted by molar-refractivity contribution is -0.146. The molecule has 0 saturated carbocycles. The van der Waals surface area contributed by atoms with Gasteiger partial charge in [-0.1, -0.05) is 0 Å². The van der Waals surface area contributed by atoms with Gasteiger partial charge in [0.05, 0.1) is 18.4 Å². The molecular weight excluding hydrogens is 198 g/mol. The topological polar surface area (TPSA) is 75.6 Å². The number of carboxylic acid groups (broad SMARTS) is 1. The first-order chi connectivity index (χ1) is 6.90. The van der Waals surface area contributed by atoms with E-state index in [1.165, 1.54) is 0 Å². The third kappa shape index (κ3) is 6.06. The molecule has 0 amide bonds. The lowest BCUT2D eigenvalue weighted by Crippen LogP contribution is -2.36. The van der Waals surface area contributed by atoms with Crippen molar-refractivity contribution in [1.82, 2.24) is 5.32 Å². The minimum Gasteiger partial charge on any atom is -0.481 e. The smallest absolute Gasteiger partial charge is 0.310 e. The van der Waals surface area contributed by atoms with Crippen molar-refractivity contribution in [2.45, 2.75) is 27.2 Å². The molecule has 0 fully saturated rings. The minimum atomic E-state index is -0.855. The Morgan fingerprint density at radius 3 is 2.47 bits per heavy atom. The van der Waals surface area contributed by atoms with Gasteiger partial charge in [-0.05, 0) is 20.8 Å². The van der Waals surface area contributed by atoms with Gasteiger partial charge < -0.3 is 15.2 Å². The van der Waals surface area contributed by atoms with Crippen molar-refractivity contribution in [2.75, 3.05) is 19.7 Å². The molecule has 0 radical (unpaired) electrons. The third-order valence-electron chi connectivity index (χ3n) is 1.96. The minimum absolute atomic E-state index is 0.266. The SMILES string of the molecule is CCOC(=O)CCNCC(C)(C)C(=O)O. The maximum atomic E-state index is 10.9. The van der Waals surface area contributed by atoms with Gasteiger partial charge in [0, 0.05) is 13.1 Å². The lowest BCUT2D eigenvalue weighted by atomic mass is 9.94. The highest BCUT2D eigenvalue weighted by atomic mass is 16.5. The Kier molecular flexibility index (Phi) is 5.93. The van der Waals surface area contributed by atoms with Crippen molar-refractivity contribution >= 4 is 11.9 Å². The summed E-state index contributed by atoms with van der Waals surface area (Å²) < 4.78 is 4.73. The maximum absolute atomic E-state index is 10.9. The molecule has 0 bridgehead atoms. The summed E-state index contributed by atoms with van der Waals surface area (Å²) in [4.78, 5) is 21.6. The molecule has 0 aliphatic carbocycles. The van der Waals surface area contributed by atoms with Crippen LogP contribution in [0.4, 0.5) is 0 Å². The maximum Gasteiger partial charge on any atom is 0.310 e. The molecule has 0 spiro atoms. The van der Waals surface area contributed by atoms with Crippen molar-refractivity contribution < 1.29 is 19.4 Å². The molecule has 0 unspecified atom stereocenters. The Bertz CT molecular complexity index is 225. The van der Waals surface area contributed by atoms with E-state index in [2.05, 4.69) is 5.32 Å². The van der Waals surface area contributed by atoms with Crippen molar-refractivity contribution in [3.63, 3.8) is 0 Å². The van der Waals surface area contributed by atoms with Crippen LogP contribution in [-0.2, 0) is 14.3 Å². The van der Waals surface area contributed by atoms with Crippen LogP contribution in [0.25, 0.3) is 0 Å². The molecular formula is C10H19NO4. The molecule has 5 nitrogen and oxygen atoms in total. The monoisotopic (exact) mass is 217 g/mol. The highest BCUT2D eigenvalue weighted by molar-refractivity contribution is 5.73. The molecule has 0 heterocycles. The number of aliphatic carboxylic acids is 1. The summed E-state index contributed by atoms with van der Waals surface area (Å²) in [6.07, 6.45) is 0.267. The van der Waals surface area contributed by atoms with E-state index in [-0.39, 0.29) is 12.4 Å². The van der Waals surface area contributed by atoms with E-state index < -0.39 is 11.4 Å². The van der Waals surface area contributed by atoms with Crippen molar-refractivity contribution in [2.24, 2.45) is 5.41 Å². The van der Waals surface area contributed by atoms with Crippen molar-refractivity contribution in [3.8, 4) is 0 Å². The number of rotatable bonds is 7. The molecule has 0 aliphatic heterocycles. The van der Waals surface area contributed by atoms with E-state index >= 15 is 0 Å².